The van der Waals surface area contributed by atoms with Crippen LogP contribution in [0.15, 0.2) is 40.7 Å². The van der Waals surface area contributed by atoms with Crippen LogP contribution in [0.2, 0.25) is 0 Å². The lowest BCUT2D eigenvalue weighted by Gasteiger charge is -2.40. The lowest BCUT2D eigenvalue weighted by atomic mass is 9.67. The van der Waals surface area contributed by atoms with Gasteiger partial charge in [-0.2, -0.15) is 0 Å². The summed E-state index contributed by atoms with van der Waals surface area (Å²) in [6.07, 6.45) is 5.84. The highest BCUT2D eigenvalue weighted by Crippen LogP contribution is 2.44. The van der Waals surface area contributed by atoms with E-state index in [0.29, 0.717) is 5.41 Å². The third kappa shape index (κ3) is 5.79. The van der Waals surface area contributed by atoms with E-state index in [0.717, 1.165) is 55.7 Å². The van der Waals surface area contributed by atoms with Crippen LogP contribution in [-0.2, 0) is 11.2 Å². The van der Waals surface area contributed by atoms with Gasteiger partial charge in [-0.3, -0.25) is 4.99 Å². The summed E-state index contributed by atoms with van der Waals surface area (Å²) >= 11 is 1.71. The number of aliphatic imine (C=N–C) groups is 1. The number of hydrogen-bond acceptors (Lipinski definition) is 4. The van der Waals surface area contributed by atoms with Crippen molar-refractivity contribution in [2.45, 2.75) is 39.0 Å². The predicted molar refractivity (Wildman–Crippen MR) is 118 cm³/mol. The molecule has 0 unspecified atom stereocenters. The van der Waals surface area contributed by atoms with Crippen molar-refractivity contribution < 1.29 is 4.74 Å². The Morgan fingerprint density at radius 3 is 2.75 bits per heavy atom. The molecule has 0 spiro atoms. The summed E-state index contributed by atoms with van der Waals surface area (Å²) in [6.45, 7) is 5.50. The molecule has 1 aromatic heterocycles. The molecule has 0 saturated heterocycles. The third-order valence-corrected chi connectivity index (χ3v) is 6.35. The Morgan fingerprint density at radius 2 is 2.07 bits per heavy atom. The quantitative estimate of drug-likeness (QED) is 0.465. The molecule has 2 aromatic rings. The minimum absolute atomic E-state index is 0.345. The Kier molecular flexibility index (Phi) is 7.86. The average molecular weight is 401 g/mol. The van der Waals surface area contributed by atoms with E-state index in [1.54, 1.807) is 18.4 Å². The number of rotatable bonds is 10. The summed E-state index contributed by atoms with van der Waals surface area (Å²) < 4.78 is 5.29. The van der Waals surface area contributed by atoms with E-state index in [1.807, 2.05) is 6.07 Å². The summed E-state index contributed by atoms with van der Waals surface area (Å²) in [7, 11) is 1.78. The maximum Gasteiger partial charge on any atom is 0.191 e. The van der Waals surface area contributed by atoms with E-state index in [2.05, 4.69) is 47.2 Å². The van der Waals surface area contributed by atoms with Gasteiger partial charge in [0.15, 0.2) is 5.96 Å². The first-order chi connectivity index (χ1) is 13.7. The van der Waals surface area contributed by atoms with Gasteiger partial charge in [-0.05, 0) is 31.6 Å². The van der Waals surface area contributed by atoms with Gasteiger partial charge in [-0.15, -0.1) is 11.3 Å². The normalized spacial score (nSPS) is 15.9. The highest BCUT2D eigenvalue weighted by molar-refractivity contribution is 7.13. The molecule has 6 heteroatoms. The smallest absolute Gasteiger partial charge is 0.191 e. The molecule has 0 aliphatic heterocycles. The summed E-state index contributed by atoms with van der Waals surface area (Å²) in [5.74, 6) is 0.907. The van der Waals surface area contributed by atoms with Gasteiger partial charge < -0.3 is 15.4 Å². The van der Waals surface area contributed by atoms with E-state index in [4.69, 9.17) is 14.7 Å². The molecule has 1 heterocycles. The van der Waals surface area contributed by atoms with Crippen LogP contribution in [0.25, 0.3) is 10.6 Å². The molecular weight excluding hydrogens is 368 g/mol. The van der Waals surface area contributed by atoms with Crippen LogP contribution >= 0.6 is 11.3 Å². The molecule has 1 aliphatic carbocycles. The number of nitrogens with one attached hydrogen (secondary N) is 2. The van der Waals surface area contributed by atoms with Crippen molar-refractivity contribution in [3.8, 4) is 10.6 Å². The number of benzene rings is 1. The molecule has 2 N–H and O–H groups in total. The second-order valence-electron chi connectivity index (χ2n) is 7.48. The zero-order valence-corrected chi connectivity index (χ0v) is 17.9. The molecule has 3 rings (SSSR count). The zero-order chi connectivity index (χ0) is 19.7. The summed E-state index contributed by atoms with van der Waals surface area (Å²) in [6, 6.07) is 10.4. The van der Waals surface area contributed by atoms with Crippen molar-refractivity contribution in [2.24, 2.45) is 10.4 Å². The number of hydrogen-bond donors (Lipinski definition) is 2. The number of nitrogens with zero attached hydrogens (tertiary/aromatic N) is 2. The number of thiazole rings is 1. The minimum Gasteiger partial charge on any atom is -0.385 e. The van der Waals surface area contributed by atoms with Crippen LogP contribution in [0, 0.1) is 5.41 Å². The number of methoxy groups -OCH3 is 1. The van der Waals surface area contributed by atoms with E-state index < -0.39 is 0 Å². The molecule has 0 amide bonds. The minimum atomic E-state index is 0.345. The van der Waals surface area contributed by atoms with Crippen molar-refractivity contribution in [3.63, 3.8) is 0 Å². The fraction of sp³-hybridized carbons (Fsp3) is 0.545. The zero-order valence-electron chi connectivity index (χ0n) is 17.0. The molecule has 1 aliphatic rings. The van der Waals surface area contributed by atoms with Crippen LogP contribution in [-0.4, -0.2) is 44.3 Å². The lowest BCUT2D eigenvalue weighted by molar-refractivity contribution is 0.0778. The van der Waals surface area contributed by atoms with Crippen molar-refractivity contribution >= 4 is 17.3 Å². The van der Waals surface area contributed by atoms with Gasteiger partial charge in [-0.1, -0.05) is 36.8 Å². The van der Waals surface area contributed by atoms with Gasteiger partial charge >= 0.3 is 0 Å². The highest BCUT2D eigenvalue weighted by atomic mass is 32.1. The molecule has 28 heavy (non-hydrogen) atoms. The van der Waals surface area contributed by atoms with Gasteiger partial charge in [0, 0.05) is 50.7 Å². The van der Waals surface area contributed by atoms with Crippen LogP contribution < -0.4 is 10.6 Å². The van der Waals surface area contributed by atoms with Crippen molar-refractivity contribution in [1.82, 2.24) is 15.6 Å². The SMILES string of the molecule is CCNC(=NCC1(CCOC)CCC1)NCCc1csc(-c2ccccc2)n1. The first-order valence-electron chi connectivity index (χ1n) is 10.3. The molecule has 0 bridgehead atoms. The van der Waals surface area contributed by atoms with Gasteiger partial charge in [0.05, 0.1) is 5.69 Å². The molecule has 1 aromatic carbocycles. The Morgan fingerprint density at radius 1 is 1.25 bits per heavy atom. The number of aromatic nitrogens is 1. The number of guanidine groups is 1. The first kappa shape index (κ1) is 20.8. The summed E-state index contributed by atoms with van der Waals surface area (Å²) in [4.78, 5) is 9.63. The largest absolute Gasteiger partial charge is 0.385 e. The maximum absolute atomic E-state index is 5.29. The Balaban J connectivity index is 1.50. The van der Waals surface area contributed by atoms with Crippen LogP contribution in [0.1, 0.15) is 38.3 Å². The van der Waals surface area contributed by atoms with Gasteiger partial charge in [0.1, 0.15) is 5.01 Å². The Labute approximate surface area is 172 Å². The molecule has 152 valence electrons. The summed E-state index contributed by atoms with van der Waals surface area (Å²) in [5, 5.41) is 10.1. The van der Waals surface area contributed by atoms with Crippen molar-refractivity contribution in [3.05, 3.63) is 41.4 Å². The van der Waals surface area contributed by atoms with Gasteiger partial charge in [0.2, 0.25) is 0 Å². The Bertz CT molecular complexity index is 740. The van der Waals surface area contributed by atoms with Crippen LogP contribution in [0.4, 0.5) is 0 Å². The predicted octanol–water partition coefficient (Wildman–Crippen LogP) is 4.11. The van der Waals surface area contributed by atoms with Gasteiger partial charge in [-0.25, -0.2) is 4.98 Å². The monoisotopic (exact) mass is 400 g/mol. The van der Waals surface area contributed by atoms with E-state index in [9.17, 15) is 0 Å². The standard InChI is InChI=1S/C22H32N4OS/c1-3-23-21(25-17-22(11-7-12-22)13-15-27-2)24-14-10-19-16-28-20(26-19)18-8-5-4-6-9-18/h4-6,8-9,16H,3,7,10-15,17H2,1-2H3,(H2,23,24,25). The molecule has 5 nitrogen and oxygen atoms in total. The number of ether oxygens (including phenoxy) is 1. The fourth-order valence-electron chi connectivity index (χ4n) is 3.52. The molecular formula is C22H32N4OS. The van der Waals surface area contributed by atoms with Crippen LogP contribution in [0.3, 0.4) is 0 Å². The van der Waals surface area contributed by atoms with Crippen molar-refractivity contribution in [2.75, 3.05) is 33.4 Å². The second kappa shape index (κ2) is 10.6. The average Bonchev–Trinajstić information content (AvgIpc) is 3.16. The fourth-order valence-corrected chi connectivity index (χ4v) is 4.38. The second-order valence-corrected chi connectivity index (χ2v) is 8.34. The lowest BCUT2D eigenvalue weighted by Crippen LogP contribution is -2.41. The van der Waals surface area contributed by atoms with E-state index in [1.165, 1.54) is 24.8 Å². The summed E-state index contributed by atoms with van der Waals surface area (Å²) in [5.41, 5.74) is 2.66. The molecule has 1 fully saturated rings. The van der Waals surface area contributed by atoms with Crippen LogP contribution in [0.5, 0.6) is 0 Å². The van der Waals surface area contributed by atoms with E-state index in [-0.39, 0.29) is 0 Å². The highest BCUT2D eigenvalue weighted by Gasteiger charge is 2.36. The molecule has 0 radical (unpaired) electrons. The maximum atomic E-state index is 5.29. The van der Waals surface area contributed by atoms with E-state index >= 15 is 0 Å². The van der Waals surface area contributed by atoms with Crippen molar-refractivity contribution in [1.29, 1.82) is 0 Å². The molecule has 1 saturated carbocycles. The molecule has 0 atom stereocenters. The Hall–Kier alpha value is -1.92. The van der Waals surface area contributed by atoms with Gasteiger partial charge in [0.25, 0.3) is 0 Å². The topological polar surface area (TPSA) is 58.5 Å². The third-order valence-electron chi connectivity index (χ3n) is 5.41. The first-order valence-corrected chi connectivity index (χ1v) is 11.1.